The molecule has 4 rings (SSSR count). The molecule has 1 unspecified atom stereocenters. The normalized spacial score (nSPS) is 13.6. The molecule has 9 heteroatoms. The molecular weight excluding hydrogens is 454 g/mol. The van der Waals surface area contributed by atoms with Crippen LogP contribution in [0.15, 0.2) is 48.7 Å². The molecule has 0 bridgehead atoms. The summed E-state index contributed by atoms with van der Waals surface area (Å²) in [6, 6.07) is 8.91. The quantitative estimate of drug-likeness (QED) is 0.534. The number of ether oxygens (including phenoxy) is 1. The summed E-state index contributed by atoms with van der Waals surface area (Å²) in [5.74, 6) is -1.68. The molecule has 1 heterocycles. The number of rotatable bonds is 8. The Morgan fingerprint density at radius 1 is 1.11 bits per heavy atom. The zero-order valence-electron chi connectivity index (χ0n) is 19.8. The van der Waals surface area contributed by atoms with Crippen molar-refractivity contribution in [2.45, 2.75) is 44.7 Å². The molecule has 0 fully saturated rings. The average molecular weight is 483 g/mol. The van der Waals surface area contributed by atoms with Crippen molar-refractivity contribution >= 4 is 17.5 Å². The van der Waals surface area contributed by atoms with Gasteiger partial charge in [0.15, 0.2) is 0 Å². The van der Waals surface area contributed by atoms with Crippen molar-refractivity contribution in [2.75, 3.05) is 19.1 Å². The van der Waals surface area contributed by atoms with Crippen LogP contribution in [0.2, 0.25) is 0 Å². The molecule has 184 valence electrons. The lowest BCUT2D eigenvalue weighted by Crippen LogP contribution is -2.49. The van der Waals surface area contributed by atoms with E-state index in [-0.39, 0.29) is 18.5 Å². The van der Waals surface area contributed by atoms with Crippen molar-refractivity contribution in [1.29, 1.82) is 0 Å². The maximum atomic E-state index is 13.8. The minimum absolute atomic E-state index is 0.0388. The molecule has 0 saturated heterocycles. The number of amides is 2. The average Bonchev–Trinajstić information content (AvgIpc) is 3.25. The van der Waals surface area contributed by atoms with E-state index in [1.54, 1.807) is 49.3 Å². The Bertz CT molecular complexity index is 1190. The Hall–Kier alpha value is -3.75. The van der Waals surface area contributed by atoms with Gasteiger partial charge in [-0.1, -0.05) is 0 Å². The minimum Gasteiger partial charge on any atom is -0.497 e. The van der Waals surface area contributed by atoms with Crippen molar-refractivity contribution < 1.29 is 23.1 Å². The van der Waals surface area contributed by atoms with Crippen LogP contribution in [-0.4, -0.2) is 41.8 Å². The number of hydrogen-bond acceptors (Lipinski definition) is 4. The summed E-state index contributed by atoms with van der Waals surface area (Å²) >= 11 is 0. The molecule has 0 radical (unpaired) electrons. The van der Waals surface area contributed by atoms with Gasteiger partial charge in [-0.2, -0.15) is 5.10 Å². The minimum atomic E-state index is -1.04. The molecule has 1 atom stereocenters. The van der Waals surface area contributed by atoms with Gasteiger partial charge < -0.3 is 15.0 Å². The summed E-state index contributed by atoms with van der Waals surface area (Å²) in [5.41, 5.74) is 3.03. The van der Waals surface area contributed by atoms with E-state index < -0.39 is 29.5 Å². The first-order chi connectivity index (χ1) is 16.8. The number of nitrogens with one attached hydrogen (secondary N) is 1. The zero-order chi connectivity index (χ0) is 24.9. The molecule has 0 aliphatic heterocycles. The predicted octanol–water partition coefficient (Wildman–Crippen LogP) is 3.44. The molecule has 7 nitrogen and oxygen atoms in total. The molecule has 1 N–H and O–H groups in total. The smallest absolute Gasteiger partial charge is 0.249 e. The highest BCUT2D eigenvalue weighted by Crippen LogP contribution is 2.22. The highest BCUT2D eigenvalue weighted by atomic mass is 19.1. The molecule has 0 spiro atoms. The first-order valence-electron chi connectivity index (χ1n) is 11.5. The van der Waals surface area contributed by atoms with Crippen LogP contribution >= 0.6 is 0 Å². The summed E-state index contributed by atoms with van der Waals surface area (Å²) in [6.07, 6.45) is 5.65. The van der Waals surface area contributed by atoms with Crippen molar-refractivity contribution in [1.82, 2.24) is 15.1 Å². The number of aryl methyl sites for hydroxylation is 1. The van der Waals surface area contributed by atoms with Gasteiger partial charge in [0.25, 0.3) is 0 Å². The number of carbonyl (C=O) groups excluding carboxylic acids is 2. The third-order valence-corrected chi connectivity index (χ3v) is 6.22. The van der Waals surface area contributed by atoms with E-state index in [4.69, 9.17) is 4.74 Å². The Morgan fingerprint density at radius 2 is 1.80 bits per heavy atom. The van der Waals surface area contributed by atoms with Crippen LogP contribution in [0.3, 0.4) is 0 Å². The molecule has 35 heavy (non-hydrogen) atoms. The van der Waals surface area contributed by atoms with Crippen LogP contribution in [0.4, 0.5) is 14.5 Å². The summed E-state index contributed by atoms with van der Waals surface area (Å²) in [4.78, 5) is 27.8. The van der Waals surface area contributed by atoms with Crippen LogP contribution in [0.1, 0.15) is 29.7 Å². The molecule has 0 saturated carbocycles. The molecule has 1 aliphatic rings. The summed E-state index contributed by atoms with van der Waals surface area (Å²) < 4.78 is 34.4. The Balaban J connectivity index is 1.54. The zero-order valence-corrected chi connectivity index (χ0v) is 19.8. The topological polar surface area (TPSA) is 76.5 Å². The lowest BCUT2D eigenvalue weighted by molar-refractivity contribution is -0.127. The lowest BCUT2D eigenvalue weighted by Gasteiger charge is -2.25. The van der Waals surface area contributed by atoms with Crippen molar-refractivity contribution in [2.24, 2.45) is 0 Å². The Labute approximate surface area is 202 Å². The number of likely N-dealkylation sites (N-methyl/N-ethyl adjacent to an activating group) is 1. The van der Waals surface area contributed by atoms with E-state index in [2.05, 4.69) is 10.4 Å². The highest BCUT2D eigenvalue weighted by molar-refractivity contribution is 5.99. The number of carbonyl (C=O) groups is 2. The summed E-state index contributed by atoms with van der Waals surface area (Å²) in [6.45, 7) is -0.0388. The number of methoxy groups -OCH3 is 1. The van der Waals surface area contributed by atoms with Crippen LogP contribution in [0, 0.1) is 11.6 Å². The van der Waals surface area contributed by atoms with Gasteiger partial charge in [-0.15, -0.1) is 0 Å². The van der Waals surface area contributed by atoms with Crippen LogP contribution in [0.5, 0.6) is 5.75 Å². The number of halogens is 2. The predicted molar refractivity (Wildman–Crippen MR) is 127 cm³/mol. The van der Waals surface area contributed by atoms with Crippen LogP contribution in [0.25, 0.3) is 0 Å². The van der Waals surface area contributed by atoms with Crippen molar-refractivity contribution in [3.8, 4) is 5.75 Å². The van der Waals surface area contributed by atoms with Gasteiger partial charge in [0.2, 0.25) is 11.8 Å². The number of anilines is 1. The lowest BCUT2D eigenvalue weighted by atomic mass is 9.98. The fourth-order valence-corrected chi connectivity index (χ4v) is 4.40. The van der Waals surface area contributed by atoms with E-state index in [0.717, 1.165) is 55.1 Å². The van der Waals surface area contributed by atoms with E-state index in [9.17, 15) is 18.4 Å². The fourth-order valence-electron chi connectivity index (χ4n) is 4.40. The molecular formula is C26H28F2N4O3. The maximum absolute atomic E-state index is 13.8. The Kier molecular flexibility index (Phi) is 7.43. The summed E-state index contributed by atoms with van der Waals surface area (Å²) in [5, 5.41) is 7.11. The van der Waals surface area contributed by atoms with Crippen LogP contribution in [-0.2, 0) is 35.4 Å². The van der Waals surface area contributed by atoms with E-state index in [0.29, 0.717) is 11.4 Å². The SMILES string of the molecule is COc1ccc(N(C)C(=O)C(Cc2cc(F)cc(F)c2)NC(=O)Cn2ncc3c2CCCC3)cc1. The van der Waals surface area contributed by atoms with Gasteiger partial charge in [0.1, 0.15) is 30.0 Å². The Morgan fingerprint density at radius 3 is 2.49 bits per heavy atom. The monoisotopic (exact) mass is 482 g/mol. The number of hydrogen-bond donors (Lipinski definition) is 1. The fraction of sp³-hybridized carbons (Fsp3) is 0.346. The van der Waals surface area contributed by atoms with E-state index in [1.165, 1.54) is 4.90 Å². The first-order valence-corrected chi connectivity index (χ1v) is 11.5. The van der Waals surface area contributed by atoms with Crippen molar-refractivity contribution in [3.05, 3.63) is 77.1 Å². The van der Waals surface area contributed by atoms with Gasteiger partial charge >= 0.3 is 0 Å². The largest absolute Gasteiger partial charge is 0.497 e. The number of aromatic nitrogens is 2. The van der Waals surface area contributed by atoms with Crippen molar-refractivity contribution in [3.63, 3.8) is 0 Å². The van der Waals surface area contributed by atoms with E-state index in [1.807, 2.05) is 0 Å². The third-order valence-electron chi connectivity index (χ3n) is 6.22. The number of nitrogens with zero attached hydrogens (tertiary/aromatic N) is 3. The standard InChI is InChI=1S/C26H28F2N4O3/c1-31(21-7-9-22(35-2)10-8-21)26(34)23(13-17-11-19(27)14-20(28)12-17)30-25(33)16-32-24-6-4-3-5-18(24)15-29-32/h7-12,14-15,23H,3-6,13,16H2,1-2H3,(H,30,33). The van der Waals surface area contributed by atoms with E-state index >= 15 is 0 Å². The molecule has 2 amide bonds. The van der Waals surface area contributed by atoms with Crippen LogP contribution < -0.4 is 15.0 Å². The second kappa shape index (κ2) is 10.7. The second-order valence-corrected chi connectivity index (χ2v) is 8.68. The molecule has 2 aromatic carbocycles. The van der Waals surface area contributed by atoms with Gasteiger partial charge in [-0.25, -0.2) is 8.78 Å². The molecule has 3 aromatic rings. The summed E-state index contributed by atoms with van der Waals surface area (Å²) in [7, 11) is 3.13. The third kappa shape index (κ3) is 5.85. The maximum Gasteiger partial charge on any atom is 0.249 e. The second-order valence-electron chi connectivity index (χ2n) is 8.68. The molecule has 1 aromatic heterocycles. The molecule has 1 aliphatic carbocycles. The van der Waals surface area contributed by atoms with Gasteiger partial charge in [-0.3, -0.25) is 14.3 Å². The van der Waals surface area contributed by atoms with Gasteiger partial charge in [0.05, 0.1) is 13.3 Å². The number of fused-ring (bicyclic) bond motifs is 1. The van der Waals surface area contributed by atoms with Gasteiger partial charge in [0, 0.05) is 30.9 Å². The first kappa shape index (κ1) is 24.4. The van der Waals surface area contributed by atoms with Gasteiger partial charge in [-0.05, 0) is 73.2 Å². The highest BCUT2D eigenvalue weighted by Gasteiger charge is 2.27. The number of benzene rings is 2.